The van der Waals surface area contributed by atoms with Gasteiger partial charge in [-0.15, -0.1) is 11.7 Å². The van der Waals surface area contributed by atoms with Crippen LogP contribution in [0.2, 0.25) is 0 Å². The maximum absolute atomic E-state index is 11.9. The first-order valence-electron chi connectivity index (χ1n) is 5.43. The Hall–Kier alpha value is -1.03. The van der Waals surface area contributed by atoms with Crippen molar-refractivity contribution in [3.05, 3.63) is 23.2 Å². The number of ketones is 1. The second-order valence-electron chi connectivity index (χ2n) is 4.80. The van der Waals surface area contributed by atoms with Gasteiger partial charge in [-0.1, -0.05) is 31.3 Å². The average molecular weight is 238 g/mol. The molecule has 1 rings (SSSR count). The molecule has 1 aromatic heterocycles. The topological polar surface area (TPSA) is 42.9 Å². The summed E-state index contributed by atoms with van der Waals surface area (Å²) in [5.74, 6) is 0.154. The summed E-state index contributed by atoms with van der Waals surface area (Å²) in [6, 6.07) is 0. The zero-order chi connectivity index (χ0) is 12.2. The number of carbonyl (C=O) groups is 1. The predicted octanol–water partition coefficient (Wildman–Crippen LogP) is 3.37. The first-order chi connectivity index (χ1) is 7.46. The molecule has 4 heteroatoms. The van der Waals surface area contributed by atoms with E-state index < -0.39 is 0 Å². The van der Waals surface area contributed by atoms with Gasteiger partial charge < -0.3 is 0 Å². The Labute approximate surface area is 101 Å². The van der Waals surface area contributed by atoms with Crippen molar-refractivity contribution in [1.29, 1.82) is 0 Å². The number of allylic oxidation sites excluding steroid dienone is 1. The third-order valence-electron chi connectivity index (χ3n) is 2.26. The van der Waals surface area contributed by atoms with E-state index in [1.165, 1.54) is 11.5 Å². The summed E-state index contributed by atoms with van der Waals surface area (Å²) in [6.45, 7) is 9.78. The number of hydrogen-bond acceptors (Lipinski definition) is 4. The third-order valence-corrected chi connectivity index (χ3v) is 3.03. The highest BCUT2D eigenvalue weighted by atomic mass is 32.1. The van der Waals surface area contributed by atoms with Gasteiger partial charge in [0.1, 0.15) is 4.88 Å². The van der Waals surface area contributed by atoms with Crippen LogP contribution in [0.3, 0.4) is 0 Å². The van der Waals surface area contributed by atoms with E-state index >= 15 is 0 Å². The minimum Gasteiger partial charge on any atom is -0.293 e. The molecule has 0 aromatic carbocycles. The minimum absolute atomic E-state index is 0.115. The van der Waals surface area contributed by atoms with Gasteiger partial charge in [-0.05, 0) is 24.4 Å². The smallest absolute Gasteiger partial charge is 0.176 e. The average Bonchev–Trinajstić information content (AvgIpc) is 2.65. The van der Waals surface area contributed by atoms with Crippen molar-refractivity contribution in [3.63, 3.8) is 0 Å². The fourth-order valence-corrected chi connectivity index (χ4v) is 2.23. The lowest BCUT2D eigenvalue weighted by atomic mass is 9.90. The molecule has 0 spiro atoms. The molecule has 1 aromatic rings. The molecular weight excluding hydrogens is 220 g/mol. The van der Waals surface area contributed by atoms with Crippen molar-refractivity contribution in [2.75, 3.05) is 0 Å². The first-order valence-corrected chi connectivity index (χ1v) is 6.21. The predicted molar refractivity (Wildman–Crippen MR) is 67.0 cm³/mol. The fraction of sp³-hybridized carbons (Fsp3) is 0.583. The summed E-state index contributed by atoms with van der Waals surface area (Å²) in [4.78, 5) is 12.7. The number of unbranched alkanes of at least 4 members (excludes halogenated alkanes) is 1. The summed E-state index contributed by atoms with van der Waals surface area (Å²) < 4.78 is 3.89. The van der Waals surface area contributed by atoms with E-state index in [1.807, 2.05) is 26.8 Å². The van der Waals surface area contributed by atoms with E-state index in [2.05, 4.69) is 16.2 Å². The molecule has 0 N–H and O–H groups in total. The number of carbonyl (C=O) groups excluding carboxylic acids is 1. The van der Waals surface area contributed by atoms with Gasteiger partial charge >= 0.3 is 0 Å². The molecule has 0 unspecified atom stereocenters. The highest BCUT2D eigenvalue weighted by molar-refractivity contribution is 7.08. The highest BCUT2D eigenvalue weighted by Gasteiger charge is 2.25. The lowest BCUT2D eigenvalue weighted by Crippen LogP contribution is -2.16. The maximum Gasteiger partial charge on any atom is 0.176 e. The van der Waals surface area contributed by atoms with Crippen LogP contribution in [-0.4, -0.2) is 15.4 Å². The second kappa shape index (κ2) is 5.34. The summed E-state index contributed by atoms with van der Waals surface area (Å²) in [6.07, 6.45) is 4.12. The fourth-order valence-electron chi connectivity index (χ4n) is 1.38. The normalized spacial score (nSPS) is 11.4. The molecule has 0 amide bonds. The van der Waals surface area contributed by atoms with E-state index in [4.69, 9.17) is 0 Å². The summed E-state index contributed by atoms with van der Waals surface area (Å²) in [7, 11) is 0. The maximum atomic E-state index is 11.9. The van der Waals surface area contributed by atoms with Gasteiger partial charge in [0.25, 0.3) is 0 Å². The van der Waals surface area contributed by atoms with Crippen LogP contribution in [0.5, 0.6) is 0 Å². The Balaban J connectivity index is 2.76. The Bertz CT molecular complexity index is 377. The highest BCUT2D eigenvalue weighted by Crippen LogP contribution is 2.27. The van der Waals surface area contributed by atoms with Crippen molar-refractivity contribution >= 4 is 17.3 Å². The molecule has 0 atom stereocenters. The van der Waals surface area contributed by atoms with Crippen LogP contribution >= 0.6 is 11.5 Å². The van der Waals surface area contributed by atoms with E-state index in [1.54, 1.807) is 0 Å². The van der Waals surface area contributed by atoms with Crippen LogP contribution in [0.4, 0.5) is 0 Å². The van der Waals surface area contributed by atoms with Gasteiger partial charge in [-0.3, -0.25) is 4.79 Å². The van der Waals surface area contributed by atoms with Gasteiger partial charge in [0.2, 0.25) is 0 Å². The van der Waals surface area contributed by atoms with Crippen LogP contribution in [0, 0.1) is 0 Å². The third kappa shape index (κ3) is 3.23. The zero-order valence-electron chi connectivity index (χ0n) is 10.1. The molecule has 0 saturated heterocycles. The monoisotopic (exact) mass is 238 g/mol. The summed E-state index contributed by atoms with van der Waals surface area (Å²) in [5, 5.41) is 4.06. The molecule has 0 bridgehead atoms. The number of rotatable bonds is 5. The molecule has 3 nitrogen and oxygen atoms in total. The number of hydrogen-bond donors (Lipinski definition) is 0. The van der Waals surface area contributed by atoms with E-state index in [-0.39, 0.29) is 11.2 Å². The molecule has 16 heavy (non-hydrogen) atoms. The molecule has 1 heterocycles. The number of Topliss-reactive ketones (excluding diaryl/α,β-unsaturated/α-hetero) is 1. The lowest BCUT2D eigenvalue weighted by molar-refractivity contribution is 0.0982. The quantitative estimate of drug-likeness (QED) is 0.448. The molecule has 0 radical (unpaired) electrons. The standard InChI is InChI=1S/C12H18N2OS/c1-5-6-7-8-9(15)10-11(12(2,3)4)13-14-16-10/h5H,1,6-8H2,2-4H3. The molecule has 0 aliphatic carbocycles. The Morgan fingerprint density at radius 3 is 2.75 bits per heavy atom. The van der Waals surface area contributed by atoms with E-state index in [9.17, 15) is 4.79 Å². The van der Waals surface area contributed by atoms with Gasteiger partial charge in [0.05, 0.1) is 5.69 Å². The molecule has 0 saturated carbocycles. The Kier molecular flexibility index (Phi) is 4.35. The van der Waals surface area contributed by atoms with Crippen molar-refractivity contribution in [1.82, 2.24) is 9.59 Å². The van der Waals surface area contributed by atoms with Crippen LogP contribution in [0.1, 0.15) is 55.4 Å². The molecule has 0 aliphatic heterocycles. The molecule has 0 fully saturated rings. The van der Waals surface area contributed by atoms with Gasteiger partial charge in [-0.25, -0.2) is 0 Å². The Morgan fingerprint density at radius 1 is 1.50 bits per heavy atom. The Morgan fingerprint density at radius 2 is 2.19 bits per heavy atom. The molecule has 0 aliphatic rings. The SMILES string of the molecule is C=CCCCC(=O)c1snnc1C(C)(C)C. The van der Waals surface area contributed by atoms with Gasteiger partial charge in [0.15, 0.2) is 5.78 Å². The van der Waals surface area contributed by atoms with Crippen LogP contribution in [-0.2, 0) is 5.41 Å². The summed E-state index contributed by atoms with van der Waals surface area (Å²) in [5.41, 5.74) is 0.706. The second-order valence-corrected chi connectivity index (χ2v) is 5.56. The zero-order valence-corrected chi connectivity index (χ0v) is 10.9. The van der Waals surface area contributed by atoms with E-state index in [0.717, 1.165) is 23.4 Å². The van der Waals surface area contributed by atoms with E-state index in [0.29, 0.717) is 6.42 Å². The van der Waals surface area contributed by atoms with Crippen molar-refractivity contribution in [2.24, 2.45) is 0 Å². The van der Waals surface area contributed by atoms with Crippen molar-refractivity contribution in [3.8, 4) is 0 Å². The minimum atomic E-state index is -0.115. The largest absolute Gasteiger partial charge is 0.293 e. The first kappa shape index (κ1) is 13.0. The lowest BCUT2D eigenvalue weighted by Gasteiger charge is -2.15. The molecular formula is C12H18N2OS. The number of aromatic nitrogens is 2. The van der Waals surface area contributed by atoms with Gasteiger partial charge in [0, 0.05) is 11.8 Å². The van der Waals surface area contributed by atoms with Crippen molar-refractivity contribution < 1.29 is 4.79 Å². The van der Waals surface area contributed by atoms with Crippen molar-refractivity contribution in [2.45, 2.75) is 45.4 Å². The van der Waals surface area contributed by atoms with Crippen LogP contribution in [0.25, 0.3) is 0 Å². The van der Waals surface area contributed by atoms with Crippen LogP contribution < -0.4 is 0 Å². The van der Waals surface area contributed by atoms with Crippen LogP contribution in [0.15, 0.2) is 12.7 Å². The number of nitrogens with zero attached hydrogens (tertiary/aromatic N) is 2. The molecule has 88 valence electrons. The van der Waals surface area contributed by atoms with Gasteiger partial charge in [-0.2, -0.15) is 0 Å². The summed E-state index contributed by atoms with van der Waals surface area (Å²) >= 11 is 1.21.